The number of benzene rings is 1. The van der Waals surface area contributed by atoms with Gasteiger partial charge < -0.3 is 15.1 Å². The molecule has 1 unspecified atom stereocenters. The average molecular weight is 448 g/mol. The van der Waals surface area contributed by atoms with Crippen molar-refractivity contribution >= 4 is 12.0 Å². The summed E-state index contributed by atoms with van der Waals surface area (Å²) in [6.07, 6.45) is -1.31. The maximum atomic E-state index is 13.4. The molecule has 1 heterocycles. The second kappa shape index (κ2) is 10.7. The van der Waals surface area contributed by atoms with Crippen LogP contribution >= 0.6 is 0 Å². The molecule has 0 saturated carbocycles. The first-order valence-electron chi connectivity index (χ1n) is 11.6. The molecule has 0 spiro atoms. The molecule has 0 radical (unpaired) electrons. The van der Waals surface area contributed by atoms with E-state index in [-0.39, 0.29) is 18.0 Å². The molecule has 2 amide bonds. The van der Waals surface area contributed by atoms with Gasteiger partial charge in [0, 0.05) is 12.1 Å². The van der Waals surface area contributed by atoms with Crippen LogP contribution in [0.2, 0.25) is 0 Å². The largest absolute Gasteiger partial charge is 0.465 e. The number of carbonyl (C=O) groups excluding carboxylic acids is 1. The number of rotatable bonds is 9. The summed E-state index contributed by atoms with van der Waals surface area (Å²) in [5.74, 6) is 0.456. The van der Waals surface area contributed by atoms with E-state index in [4.69, 9.17) is 0 Å². The van der Waals surface area contributed by atoms with Crippen molar-refractivity contribution in [2.45, 2.75) is 91.2 Å². The maximum absolute atomic E-state index is 13.4. The molecule has 180 valence electrons. The molecule has 0 aliphatic carbocycles. The number of aliphatic hydroxyl groups excluding tert-OH is 1. The van der Waals surface area contributed by atoms with Gasteiger partial charge in [-0.2, -0.15) is 0 Å². The summed E-state index contributed by atoms with van der Waals surface area (Å²) >= 11 is 0. The van der Waals surface area contributed by atoms with Gasteiger partial charge in [0.25, 0.3) is 0 Å². The highest BCUT2D eigenvalue weighted by Crippen LogP contribution is 2.28. The van der Waals surface area contributed by atoms with Crippen molar-refractivity contribution in [1.29, 1.82) is 0 Å². The topological polar surface area (TPSA) is 93.1 Å². The van der Waals surface area contributed by atoms with Crippen molar-refractivity contribution in [3.05, 3.63) is 35.9 Å². The van der Waals surface area contributed by atoms with Crippen LogP contribution in [0.5, 0.6) is 0 Å². The van der Waals surface area contributed by atoms with Crippen LogP contribution < -0.4 is 5.32 Å². The van der Waals surface area contributed by atoms with E-state index >= 15 is 0 Å². The second-order valence-corrected chi connectivity index (χ2v) is 10.6. The van der Waals surface area contributed by atoms with Crippen LogP contribution in [-0.4, -0.2) is 68.5 Å². The summed E-state index contributed by atoms with van der Waals surface area (Å²) in [6, 6.07) is 7.87. The average Bonchev–Trinajstić information content (AvgIpc) is 3.01. The van der Waals surface area contributed by atoms with Crippen molar-refractivity contribution in [2.75, 3.05) is 6.54 Å². The highest BCUT2D eigenvalue weighted by molar-refractivity contribution is 5.85. The lowest BCUT2D eigenvalue weighted by molar-refractivity contribution is -0.133. The Labute approximate surface area is 192 Å². The lowest BCUT2D eigenvalue weighted by Crippen LogP contribution is -2.61. The number of aliphatic hydroxyl groups is 1. The highest BCUT2D eigenvalue weighted by Gasteiger charge is 2.48. The van der Waals surface area contributed by atoms with Crippen LogP contribution in [0.4, 0.5) is 4.79 Å². The normalized spacial score (nSPS) is 21.3. The van der Waals surface area contributed by atoms with Crippen LogP contribution in [0.25, 0.3) is 0 Å². The first-order valence-corrected chi connectivity index (χ1v) is 11.6. The summed E-state index contributed by atoms with van der Waals surface area (Å²) < 4.78 is 0. The van der Waals surface area contributed by atoms with Crippen molar-refractivity contribution in [3.63, 3.8) is 0 Å². The SMILES string of the molecule is CC(C)CCN1C(=O)[C@H]([C@@H](O)[C@H](Cc2ccccc2)N(C(=O)O)C(C)(C)C)NC1C(C)C. The van der Waals surface area contributed by atoms with E-state index in [0.29, 0.717) is 18.9 Å². The van der Waals surface area contributed by atoms with E-state index in [9.17, 15) is 19.8 Å². The van der Waals surface area contributed by atoms with E-state index in [1.807, 2.05) is 69.9 Å². The van der Waals surface area contributed by atoms with Crippen LogP contribution in [-0.2, 0) is 11.2 Å². The predicted molar refractivity (Wildman–Crippen MR) is 126 cm³/mol. The molecule has 7 heteroatoms. The third-order valence-corrected chi connectivity index (χ3v) is 6.10. The van der Waals surface area contributed by atoms with Gasteiger partial charge in [0.05, 0.1) is 18.3 Å². The van der Waals surface area contributed by atoms with Crippen molar-refractivity contribution in [3.8, 4) is 0 Å². The number of hydrogen-bond donors (Lipinski definition) is 3. The first-order chi connectivity index (χ1) is 14.8. The quantitative estimate of drug-likeness (QED) is 0.538. The van der Waals surface area contributed by atoms with Crippen LogP contribution in [0.3, 0.4) is 0 Å². The molecule has 1 aliphatic heterocycles. The smallest absolute Gasteiger partial charge is 0.408 e. The summed E-state index contributed by atoms with van der Waals surface area (Å²) in [4.78, 5) is 28.8. The Balaban J connectivity index is 2.39. The lowest BCUT2D eigenvalue weighted by atomic mass is 9.91. The number of hydrogen-bond acceptors (Lipinski definition) is 4. The summed E-state index contributed by atoms with van der Waals surface area (Å²) in [5, 5.41) is 24.9. The Morgan fingerprint density at radius 1 is 1.16 bits per heavy atom. The fraction of sp³-hybridized carbons (Fsp3) is 0.680. The standard InChI is InChI=1S/C25H41N3O4/c1-16(2)13-14-27-22(17(3)4)26-20(23(27)30)21(29)19(15-18-11-9-8-10-12-18)28(24(31)32)25(5,6)7/h8-12,16-17,19-22,26,29H,13-15H2,1-7H3,(H,31,32)/t19-,20-,21-,22?/m0/s1. The fourth-order valence-corrected chi connectivity index (χ4v) is 4.47. The van der Waals surface area contributed by atoms with E-state index in [2.05, 4.69) is 19.2 Å². The Morgan fingerprint density at radius 3 is 2.22 bits per heavy atom. The molecule has 0 bridgehead atoms. The monoisotopic (exact) mass is 447 g/mol. The van der Waals surface area contributed by atoms with Gasteiger partial charge in [-0.05, 0) is 51.0 Å². The van der Waals surface area contributed by atoms with Crippen LogP contribution in [0, 0.1) is 11.8 Å². The number of carbonyl (C=O) groups is 2. The van der Waals surface area contributed by atoms with Gasteiger partial charge in [0.15, 0.2) is 0 Å². The van der Waals surface area contributed by atoms with Gasteiger partial charge >= 0.3 is 6.09 Å². The minimum absolute atomic E-state index is 0.158. The lowest BCUT2D eigenvalue weighted by Gasteiger charge is -2.42. The second-order valence-electron chi connectivity index (χ2n) is 10.6. The van der Waals surface area contributed by atoms with Gasteiger partial charge in [-0.15, -0.1) is 0 Å². The minimum Gasteiger partial charge on any atom is -0.465 e. The van der Waals surface area contributed by atoms with Gasteiger partial charge in [-0.1, -0.05) is 58.0 Å². The number of nitrogens with zero attached hydrogens (tertiary/aromatic N) is 2. The zero-order valence-electron chi connectivity index (χ0n) is 20.6. The molecule has 32 heavy (non-hydrogen) atoms. The number of carboxylic acid groups (broad SMARTS) is 1. The van der Waals surface area contributed by atoms with Gasteiger partial charge in [-0.3, -0.25) is 15.0 Å². The molecule has 7 nitrogen and oxygen atoms in total. The van der Waals surface area contributed by atoms with E-state index in [1.54, 1.807) is 0 Å². The number of amides is 2. The zero-order valence-corrected chi connectivity index (χ0v) is 20.6. The summed E-state index contributed by atoms with van der Waals surface area (Å²) in [7, 11) is 0. The Morgan fingerprint density at radius 2 is 1.75 bits per heavy atom. The zero-order chi connectivity index (χ0) is 24.2. The van der Waals surface area contributed by atoms with Crippen molar-refractivity contribution in [1.82, 2.24) is 15.1 Å². The van der Waals surface area contributed by atoms with Crippen LogP contribution in [0.1, 0.15) is 60.5 Å². The molecule has 1 saturated heterocycles. The third-order valence-electron chi connectivity index (χ3n) is 6.10. The third kappa shape index (κ3) is 6.23. The summed E-state index contributed by atoms with van der Waals surface area (Å²) in [5.41, 5.74) is 0.164. The molecular weight excluding hydrogens is 406 g/mol. The predicted octanol–water partition coefficient (Wildman–Crippen LogP) is 3.57. The van der Waals surface area contributed by atoms with E-state index in [0.717, 1.165) is 12.0 Å². The summed E-state index contributed by atoms with van der Waals surface area (Å²) in [6.45, 7) is 14.4. The highest BCUT2D eigenvalue weighted by atomic mass is 16.4. The molecular formula is C25H41N3O4. The molecule has 4 atom stereocenters. The first kappa shape index (κ1) is 26.1. The Hall–Kier alpha value is -2.12. The van der Waals surface area contributed by atoms with Gasteiger partial charge in [0.1, 0.15) is 6.04 Å². The van der Waals surface area contributed by atoms with E-state index in [1.165, 1.54) is 4.90 Å². The van der Waals surface area contributed by atoms with Crippen molar-refractivity contribution in [2.24, 2.45) is 11.8 Å². The van der Waals surface area contributed by atoms with E-state index < -0.39 is 29.8 Å². The molecule has 3 N–H and O–H groups in total. The Kier molecular flexibility index (Phi) is 8.71. The maximum Gasteiger partial charge on any atom is 0.408 e. The molecule has 1 aliphatic rings. The van der Waals surface area contributed by atoms with Crippen LogP contribution in [0.15, 0.2) is 30.3 Å². The molecule has 1 fully saturated rings. The van der Waals surface area contributed by atoms with Gasteiger partial charge in [-0.25, -0.2) is 4.79 Å². The minimum atomic E-state index is -1.19. The number of nitrogens with one attached hydrogen (secondary N) is 1. The van der Waals surface area contributed by atoms with Crippen molar-refractivity contribution < 1.29 is 19.8 Å². The Bertz CT molecular complexity index is 760. The molecule has 0 aromatic heterocycles. The molecule has 2 rings (SSSR count). The fourth-order valence-electron chi connectivity index (χ4n) is 4.47. The molecule has 1 aromatic rings. The molecule has 1 aromatic carbocycles. The van der Waals surface area contributed by atoms with Gasteiger partial charge in [0.2, 0.25) is 5.91 Å².